The quantitative estimate of drug-likeness (QED) is 0.507. The predicted octanol–water partition coefficient (Wildman–Crippen LogP) is 1.98. The van der Waals surface area contributed by atoms with Crippen molar-refractivity contribution in [3.05, 3.63) is 16.2 Å². The van der Waals surface area contributed by atoms with Crippen molar-refractivity contribution in [2.24, 2.45) is 0 Å². The fraction of sp³-hybridized carbons (Fsp3) is 0. The zero-order valence-corrected chi connectivity index (χ0v) is 10.7. The van der Waals surface area contributed by atoms with Crippen molar-refractivity contribution >= 4 is 52.1 Å². The second kappa shape index (κ2) is 54.8. The van der Waals surface area contributed by atoms with E-state index in [1.165, 1.54) is 15.5 Å². The van der Waals surface area contributed by atoms with Crippen LogP contribution in [0.3, 0.4) is 0 Å². The standard InChI is InChI=1S/3CNS.La/c3*2-1-3;/q3*-1;+3. The molecule has 10 heavy (non-hydrogen) atoms. The molecule has 0 amide bonds. The first-order chi connectivity index (χ1) is 4.24. The van der Waals surface area contributed by atoms with Gasteiger partial charge in [-0.1, -0.05) is 36.7 Å². The summed E-state index contributed by atoms with van der Waals surface area (Å²) in [7, 11) is 0. The van der Waals surface area contributed by atoms with E-state index in [1.807, 2.05) is 0 Å². The predicted molar refractivity (Wildman–Crippen MR) is 47.9 cm³/mol. The van der Waals surface area contributed by atoms with Gasteiger partial charge < -0.3 is 16.2 Å². The molecule has 7 heteroatoms. The summed E-state index contributed by atoms with van der Waals surface area (Å²) in [5.74, 6) is 0. The summed E-state index contributed by atoms with van der Waals surface area (Å²) >= 11 is 11.1. The van der Waals surface area contributed by atoms with Crippen LogP contribution < -0.4 is 0 Å². The Morgan fingerprint density at radius 2 is 0.700 bits per heavy atom. The van der Waals surface area contributed by atoms with E-state index in [2.05, 4.69) is 36.7 Å². The molecule has 0 unspecified atom stereocenters. The summed E-state index contributed by atoms with van der Waals surface area (Å²) in [6, 6.07) is 0. The van der Waals surface area contributed by atoms with E-state index >= 15 is 0 Å². The van der Waals surface area contributed by atoms with Gasteiger partial charge in [-0.2, -0.15) is 15.5 Å². The van der Waals surface area contributed by atoms with Crippen LogP contribution in [0.4, 0.5) is 0 Å². The minimum atomic E-state index is 0. The van der Waals surface area contributed by atoms with Crippen molar-refractivity contribution in [3.8, 4) is 0 Å². The van der Waals surface area contributed by atoms with Crippen LogP contribution in [0.5, 0.6) is 0 Å². The number of isothiocyanates is 3. The molecule has 0 aromatic carbocycles. The van der Waals surface area contributed by atoms with Gasteiger partial charge in [0, 0.05) is 0 Å². The number of hydrogen-bond donors (Lipinski definition) is 0. The Bertz CT molecular complexity index is 111. The second-order valence-electron chi connectivity index (χ2n) is 0.274. The Morgan fingerprint density at radius 1 is 0.700 bits per heavy atom. The minimum Gasteiger partial charge on any atom is -0.753 e. The van der Waals surface area contributed by atoms with Crippen LogP contribution in [-0.2, 0) is 0 Å². The van der Waals surface area contributed by atoms with Crippen molar-refractivity contribution in [2.45, 2.75) is 0 Å². The Hall–Kier alpha value is 0.595. The third-order valence-corrected chi connectivity index (χ3v) is 0. The molecule has 0 radical (unpaired) electrons. The molecule has 0 saturated carbocycles. The van der Waals surface area contributed by atoms with Crippen LogP contribution in [-0.4, -0.2) is 15.5 Å². The molecule has 0 aliphatic carbocycles. The van der Waals surface area contributed by atoms with Crippen LogP contribution in [0.1, 0.15) is 0 Å². The molecule has 0 bridgehead atoms. The second-order valence-corrected chi connectivity index (χ2v) is 0.822. The fourth-order valence-electron chi connectivity index (χ4n) is 0. The van der Waals surface area contributed by atoms with Gasteiger partial charge in [-0.25, -0.2) is 0 Å². The summed E-state index contributed by atoms with van der Waals surface area (Å²) < 4.78 is 0. The molecule has 0 spiro atoms. The maximum absolute atomic E-state index is 7.13. The molecule has 0 atom stereocenters. The van der Waals surface area contributed by atoms with Gasteiger partial charge in [-0.05, 0) is 0 Å². The molecule has 0 fully saturated rings. The van der Waals surface area contributed by atoms with E-state index < -0.39 is 0 Å². The first kappa shape index (κ1) is 22.4. The molecule has 0 aliphatic heterocycles. The summed E-state index contributed by atoms with van der Waals surface area (Å²) in [5.41, 5.74) is 0. The maximum atomic E-state index is 7.13. The molecular formula is C3LaN3S3. The molecule has 0 N–H and O–H groups in total. The van der Waals surface area contributed by atoms with Gasteiger partial charge in [-0.15, -0.1) is 0 Å². The van der Waals surface area contributed by atoms with Crippen LogP contribution in [0.15, 0.2) is 0 Å². The van der Waals surface area contributed by atoms with Crippen LogP contribution in [0.25, 0.3) is 16.2 Å². The summed E-state index contributed by atoms with van der Waals surface area (Å²) in [6.45, 7) is 0. The third kappa shape index (κ3) is 1400. The number of rotatable bonds is 0. The molecule has 0 saturated heterocycles. The van der Waals surface area contributed by atoms with Crippen LogP contribution >= 0.6 is 36.7 Å². The third-order valence-electron chi connectivity index (χ3n) is 0. The average Bonchev–Trinajstić information content (AvgIpc) is 1.70. The van der Waals surface area contributed by atoms with Crippen molar-refractivity contribution in [1.29, 1.82) is 0 Å². The van der Waals surface area contributed by atoms with Gasteiger partial charge in [0.2, 0.25) is 0 Å². The first-order valence-corrected chi connectivity index (χ1v) is 2.51. The molecule has 0 rings (SSSR count). The molecule has 0 heterocycles. The molecule has 0 aromatic rings. The van der Waals surface area contributed by atoms with E-state index in [0.717, 1.165) is 0 Å². The van der Waals surface area contributed by atoms with Gasteiger partial charge in [0.15, 0.2) is 0 Å². The zero-order valence-electron chi connectivity index (χ0n) is 4.64. The minimum absolute atomic E-state index is 0. The summed E-state index contributed by atoms with van der Waals surface area (Å²) in [4.78, 5) is 0. The van der Waals surface area contributed by atoms with Crippen molar-refractivity contribution in [2.75, 3.05) is 0 Å². The Morgan fingerprint density at radius 3 is 0.700 bits per heavy atom. The topological polar surface area (TPSA) is 66.9 Å². The number of nitrogens with zero attached hydrogens (tertiary/aromatic N) is 3. The van der Waals surface area contributed by atoms with Crippen LogP contribution in [0.2, 0.25) is 0 Å². The Labute approximate surface area is 103 Å². The normalized spacial score (nSPS) is 2.40. The van der Waals surface area contributed by atoms with Gasteiger partial charge in [-0.3, -0.25) is 0 Å². The van der Waals surface area contributed by atoms with Crippen molar-refractivity contribution in [3.63, 3.8) is 0 Å². The molecule has 0 aromatic heterocycles. The number of thiocarbonyl (C=S) groups is 3. The van der Waals surface area contributed by atoms with Crippen molar-refractivity contribution in [1.82, 2.24) is 0 Å². The SMILES string of the molecule is [La+3].[N-]=C=S.[N-]=C=S.[N-]=C=S. The van der Waals surface area contributed by atoms with E-state index in [9.17, 15) is 0 Å². The van der Waals surface area contributed by atoms with Gasteiger partial charge in [0.1, 0.15) is 0 Å². The largest absolute Gasteiger partial charge is 3.00 e. The van der Waals surface area contributed by atoms with E-state index in [1.54, 1.807) is 0 Å². The first-order valence-electron chi connectivity index (χ1n) is 1.28. The molecular weight excluding hydrogens is 313 g/mol. The van der Waals surface area contributed by atoms with Crippen molar-refractivity contribution < 1.29 is 35.6 Å². The van der Waals surface area contributed by atoms with Gasteiger partial charge in [0.25, 0.3) is 0 Å². The smallest absolute Gasteiger partial charge is 0.753 e. The Kier molecular flexibility index (Phi) is 123. The molecule has 0 aliphatic rings. The Balaban J connectivity index is -0.0000000257. The van der Waals surface area contributed by atoms with E-state index in [0.29, 0.717) is 0 Å². The van der Waals surface area contributed by atoms with Gasteiger partial charge in [0.05, 0.1) is 0 Å². The summed E-state index contributed by atoms with van der Waals surface area (Å²) in [6.07, 6.45) is 0. The monoisotopic (exact) mass is 313 g/mol. The molecule has 48 valence electrons. The van der Waals surface area contributed by atoms with Crippen LogP contribution in [0, 0.1) is 35.6 Å². The van der Waals surface area contributed by atoms with E-state index in [4.69, 9.17) is 16.2 Å². The van der Waals surface area contributed by atoms with E-state index in [-0.39, 0.29) is 35.6 Å². The fourth-order valence-corrected chi connectivity index (χ4v) is 0. The zero-order chi connectivity index (χ0) is 8.12. The van der Waals surface area contributed by atoms with Gasteiger partial charge >= 0.3 is 35.6 Å². The average molecular weight is 313 g/mol. The maximum Gasteiger partial charge on any atom is 3.00 e. The number of hydrogen-bond acceptors (Lipinski definition) is 3. The molecule has 3 nitrogen and oxygen atoms in total. The summed E-state index contributed by atoms with van der Waals surface area (Å²) in [5, 5.41) is 25.4.